The van der Waals surface area contributed by atoms with Gasteiger partial charge in [0.1, 0.15) is 0 Å². The minimum Gasteiger partial charge on any atom is -0.478 e. The molecule has 0 bridgehead atoms. The SMILES string of the molecule is O=C(O)/C=C/C(=O)Nc1ccc(Cl)c(NC(=O)c2cccs2)c1. The minimum atomic E-state index is -1.22. The van der Waals surface area contributed by atoms with Gasteiger partial charge in [-0.05, 0) is 29.6 Å². The van der Waals surface area contributed by atoms with E-state index in [-0.39, 0.29) is 5.91 Å². The summed E-state index contributed by atoms with van der Waals surface area (Å²) in [7, 11) is 0. The zero-order valence-corrected chi connectivity index (χ0v) is 13.1. The third kappa shape index (κ3) is 4.94. The van der Waals surface area contributed by atoms with Crippen LogP contribution >= 0.6 is 22.9 Å². The lowest BCUT2D eigenvalue weighted by molar-refractivity contribution is -0.131. The van der Waals surface area contributed by atoms with E-state index in [1.54, 1.807) is 17.5 Å². The van der Waals surface area contributed by atoms with E-state index in [0.29, 0.717) is 21.3 Å². The van der Waals surface area contributed by atoms with E-state index in [9.17, 15) is 14.4 Å². The summed E-state index contributed by atoms with van der Waals surface area (Å²) < 4.78 is 0. The smallest absolute Gasteiger partial charge is 0.328 e. The van der Waals surface area contributed by atoms with Crippen molar-refractivity contribution in [1.82, 2.24) is 0 Å². The molecule has 0 saturated heterocycles. The van der Waals surface area contributed by atoms with Crippen LogP contribution in [0.4, 0.5) is 11.4 Å². The zero-order chi connectivity index (χ0) is 16.8. The Balaban J connectivity index is 2.11. The molecule has 1 aromatic heterocycles. The van der Waals surface area contributed by atoms with Gasteiger partial charge in [0.15, 0.2) is 0 Å². The van der Waals surface area contributed by atoms with E-state index in [2.05, 4.69) is 10.6 Å². The highest BCUT2D eigenvalue weighted by atomic mass is 35.5. The molecule has 3 N–H and O–H groups in total. The van der Waals surface area contributed by atoms with Crippen molar-refractivity contribution in [2.45, 2.75) is 0 Å². The molecule has 1 heterocycles. The van der Waals surface area contributed by atoms with Crippen molar-refractivity contribution in [2.24, 2.45) is 0 Å². The average molecular weight is 351 g/mol. The summed E-state index contributed by atoms with van der Waals surface area (Å²) in [6, 6.07) is 7.97. The number of carbonyl (C=O) groups is 3. The highest BCUT2D eigenvalue weighted by Gasteiger charge is 2.10. The molecular weight excluding hydrogens is 340 g/mol. The molecular formula is C15H11ClN2O4S. The van der Waals surface area contributed by atoms with E-state index < -0.39 is 11.9 Å². The van der Waals surface area contributed by atoms with Gasteiger partial charge in [-0.2, -0.15) is 0 Å². The number of rotatable bonds is 5. The zero-order valence-electron chi connectivity index (χ0n) is 11.6. The summed E-state index contributed by atoms with van der Waals surface area (Å²) in [6.07, 6.45) is 1.62. The number of carboxylic acids is 1. The van der Waals surface area contributed by atoms with E-state index in [0.717, 1.165) is 12.2 Å². The topological polar surface area (TPSA) is 95.5 Å². The van der Waals surface area contributed by atoms with Crippen LogP contribution in [0.25, 0.3) is 0 Å². The van der Waals surface area contributed by atoms with Gasteiger partial charge < -0.3 is 15.7 Å². The Labute approximate surface area is 140 Å². The Bertz CT molecular complexity index is 772. The average Bonchev–Trinajstić information content (AvgIpc) is 3.03. The van der Waals surface area contributed by atoms with Crippen LogP contribution < -0.4 is 10.6 Å². The lowest BCUT2D eigenvalue weighted by Gasteiger charge is -2.09. The molecule has 2 rings (SSSR count). The molecule has 0 atom stereocenters. The van der Waals surface area contributed by atoms with Gasteiger partial charge in [0, 0.05) is 17.8 Å². The first kappa shape index (κ1) is 16.7. The van der Waals surface area contributed by atoms with Crippen LogP contribution in [0.5, 0.6) is 0 Å². The fourth-order valence-electron chi connectivity index (χ4n) is 1.62. The second-order valence-corrected chi connectivity index (χ2v) is 5.64. The maximum atomic E-state index is 12.0. The molecule has 0 spiro atoms. The third-order valence-electron chi connectivity index (χ3n) is 2.60. The number of carbonyl (C=O) groups excluding carboxylic acids is 2. The second-order valence-electron chi connectivity index (χ2n) is 4.29. The Morgan fingerprint density at radius 2 is 1.91 bits per heavy atom. The molecule has 118 valence electrons. The molecule has 8 heteroatoms. The van der Waals surface area contributed by atoms with Gasteiger partial charge in [-0.15, -0.1) is 11.3 Å². The fourth-order valence-corrected chi connectivity index (χ4v) is 2.41. The maximum Gasteiger partial charge on any atom is 0.328 e. The molecule has 0 radical (unpaired) electrons. The van der Waals surface area contributed by atoms with E-state index in [1.165, 1.54) is 29.5 Å². The molecule has 6 nitrogen and oxygen atoms in total. The number of aliphatic carboxylic acids is 1. The van der Waals surface area contributed by atoms with Crippen LogP contribution in [0.1, 0.15) is 9.67 Å². The number of hydrogen-bond donors (Lipinski definition) is 3. The van der Waals surface area contributed by atoms with Crippen LogP contribution in [-0.2, 0) is 9.59 Å². The van der Waals surface area contributed by atoms with Crippen molar-refractivity contribution >= 4 is 52.1 Å². The van der Waals surface area contributed by atoms with Gasteiger partial charge >= 0.3 is 5.97 Å². The van der Waals surface area contributed by atoms with Crippen LogP contribution in [-0.4, -0.2) is 22.9 Å². The lowest BCUT2D eigenvalue weighted by atomic mass is 10.2. The predicted molar refractivity (Wildman–Crippen MR) is 89.1 cm³/mol. The summed E-state index contributed by atoms with van der Waals surface area (Å²) in [6.45, 7) is 0. The molecule has 0 fully saturated rings. The number of anilines is 2. The summed E-state index contributed by atoms with van der Waals surface area (Å²) in [5.41, 5.74) is 0.709. The van der Waals surface area contributed by atoms with Crippen molar-refractivity contribution < 1.29 is 19.5 Å². The molecule has 0 aliphatic rings. The number of carboxylic acid groups (broad SMARTS) is 1. The normalized spacial score (nSPS) is 10.5. The quantitative estimate of drug-likeness (QED) is 0.721. The van der Waals surface area contributed by atoms with Crippen molar-refractivity contribution in [2.75, 3.05) is 10.6 Å². The number of nitrogens with one attached hydrogen (secondary N) is 2. The molecule has 2 aromatic rings. The predicted octanol–water partition coefficient (Wildman–Crippen LogP) is 3.23. The van der Waals surface area contributed by atoms with E-state index >= 15 is 0 Å². The fraction of sp³-hybridized carbons (Fsp3) is 0. The van der Waals surface area contributed by atoms with Gasteiger partial charge in [-0.1, -0.05) is 17.7 Å². The molecule has 1 aromatic carbocycles. The number of amides is 2. The Hall–Kier alpha value is -2.64. The number of halogens is 1. The van der Waals surface area contributed by atoms with E-state index in [1.807, 2.05) is 0 Å². The Kier molecular flexibility index (Phi) is 5.51. The summed E-state index contributed by atoms with van der Waals surface area (Å²) in [5.74, 6) is -2.14. The number of thiophene rings is 1. The maximum absolute atomic E-state index is 12.0. The van der Waals surface area contributed by atoms with E-state index in [4.69, 9.17) is 16.7 Å². The van der Waals surface area contributed by atoms with Gasteiger partial charge in [-0.3, -0.25) is 9.59 Å². The molecule has 2 amide bonds. The molecule has 0 aliphatic heterocycles. The van der Waals surface area contributed by atoms with Crippen molar-refractivity contribution in [3.8, 4) is 0 Å². The number of hydrogen-bond acceptors (Lipinski definition) is 4. The first-order valence-electron chi connectivity index (χ1n) is 6.32. The Morgan fingerprint density at radius 3 is 2.57 bits per heavy atom. The van der Waals surface area contributed by atoms with Gasteiger partial charge in [0.25, 0.3) is 5.91 Å². The third-order valence-corrected chi connectivity index (χ3v) is 3.80. The van der Waals surface area contributed by atoms with Crippen LogP contribution in [0.2, 0.25) is 5.02 Å². The van der Waals surface area contributed by atoms with Crippen molar-refractivity contribution in [3.63, 3.8) is 0 Å². The molecule has 0 unspecified atom stereocenters. The van der Waals surface area contributed by atoms with Gasteiger partial charge in [0.2, 0.25) is 5.91 Å². The summed E-state index contributed by atoms with van der Waals surface area (Å²) in [4.78, 5) is 34.4. The van der Waals surface area contributed by atoms with Crippen LogP contribution in [0.3, 0.4) is 0 Å². The summed E-state index contributed by atoms with van der Waals surface area (Å²) >= 11 is 7.32. The van der Waals surface area contributed by atoms with Crippen LogP contribution in [0.15, 0.2) is 47.9 Å². The molecule has 0 saturated carbocycles. The second kappa shape index (κ2) is 7.57. The molecule has 0 aliphatic carbocycles. The highest BCUT2D eigenvalue weighted by Crippen LogP contribution is 2.26. The first-order valence-corrected chi connectivity index (χ1v) is 7.58. The Morgan fingerprint density at radius 1 is 1.13 bits per heavy atom. The standard InChI is InChI=1S/C15H11ClN2O4S/c16-10-4-3-9(17-13(19)5-6-14(20)21)8-11(10)18-15(22)12-2-1-7-23-12/h1-8H,(H,17,19)(H,18,22)(H,20,21)/b6-5+. The minimum absolute atomic E-state index is 0.309. The summed E-state index contributed by atoms with van der Waals surface area (Å²) in [5, 5.41) is 15.7. The monoisotopic (exact) mass is 350 g/mol. The van der Waals surface area contributed by atoms with Crippen LogP contribution in [0, 0.1) is 0 Å². The lowest BCUT2D eigenvalue weighted by Crippen LogP contribution is -2.12. The molecule has 23 heavy (non-hydrogen) atoms. The first-order chi connectivity index (χ1) is 11.0. The van der Waals surface area contributed by atoms with Gasteiger partial charge in [-0.25, -0.2) is 4.79 Å². The van der Waals surface area contributed by atoms with Gasteiger partial charge in [0.05, 0.1) is 15.6 Å². The highest BCUT2D eigenvalue weighted by molar-refractivity contribution is 7.12. The largest absolute Gasteiger partial charge is 0.478 e. The van der Waals surface area contributed by atoms with Crippen molar-refractivity contribution in [3.05, 3.63) is 57.8 Å². The number of benzene rings is 1. The van der Waals surface area contributed by atoms with Crippen molar-refractivity contribution in [1.29, 1.82) is 0 Å².